The first-order valence-corrected chi connectivity index (χ1v) is 7.31. The number of halogens is 3. The Bertz CT molecular complexity index is 431. The maximum atomic E-state index is 12.3. The SMILES string of the molecule is FC(F)(F)Oc1ccccc1CNCCCN1CCCC1. The number of likely N-dealkylation sites (tertiary alicyclic amines) is 1. The summed E-state index contributed by atoms with van der Waals surface area (Å²) in [4.78, 5) is 2.42. The largest absolute Gasteiger partial charge is 0.573 e. The third kappa shape index (κ3) is 5.93. The van der Waals surface area contributed by atoms with E-state index in [-0.39, 0.29) is 5.75 Å². The van der Waals surface area contributed by atoms with Crippen molar-refractivity contribution < 1.29 is 17.9 Å². The zero-order valence-corrected chi connectivity index (χ0v) is 12.0. The van der Waals surface area contributed by atoms with E-state index in [0.29, 0.717) is 12.1 Å². The highest BCUT2D eigenvalue weighted by atomic mass is 19.4. The van der Waals surface area contributed by atoms with Crippen molar-refractivity contribution in [3.8, 4) is 5.75 Å². The third-order valence-electron chi connectivity index (χ3n) is 3.54. The molecule has 0 unspecified atom stereocenters. The minimum atomic E-state index is -4.65. The molecule has 6 heteroatoms. The lowest BCUT2D eigenvalue weighted by Gasteiger charge is -2.15. The summed E-state index contributed by atoms with van der Waals surface area (Å²) in [5, 5.41) is 3.18. The molecule has 1 fully saturated rings. The third-order valence-corrected chi connectivity index (χ3v) is 3.54. The Morgan fingerprint density at radius 1 is 1.14 bits per heavy atom. The lowest BCUT2D eigenvalue weighted by atomic mass is 10.2. The predicted molar refractivity (Wildman–Crippen MR) is 75.1 cm³/mol. The van der Waals surface area contributed by atoms with Gasteiger partial charge in [0, 0.05) is 12.1 Å². The zero-order valence-electron chi connectivity index (χ0n) is 12.0. The van der Waals surface area contributed by atoms with Crippen molar-refractivity contribution in [1.29, 1.82) is 0 Å². The summed E-state index contributed by atoms with van der Waals surface area (Å²) in [6, 6.07) is 6.24. The van der Waals surface area contributed by atoms with Gasteiger partial charge in [-0.2, -0.15) is 0 Å². The van der Waals surface area contributed by atoms with E-state index in [1.165, 1.54) is 38.1 Å². The van der Waals surface area contributed by atoms with Gasteiger partial charge in [0.2, 0.25) is 0 Å². The van der Waals surface area contributed by atoms with Crippen molar-refractivity contribution in [2.75, 3.05) is 26.2 Å². The Morgan fingerprint density at radius 3 is 2.57 bits per heavy atom. The van der Waals surface area contributed by atoms with E-state index in [1.54, 1.807) is 12.1 Å². The number of ether oxygens (including phenoxy) is 1. The van der Waals surface area contributed by atoms with E-state index in [9.17, 15) is 13.2 Å². The molecule has 21 heavy (non-hydrogen) atoms. The van der Waals surface area contributed by atoms with Gasteiger partial charge >= 0.3 is 6.36 Å². The standard InChI is InChI=1S/C15H21F3N2O/c16-15(17,18)21-14-7-2-1-6-13(14)12-19-8-5-11-20-9-3-4-10-20/h1-2,6-7,19H,3-5,8-12H2. The smallest absolute Gasteiger partial charge is 0.405 e. The summed E-state index contributed by atoms with van der Waals surface area (Å²) in [5.74, 6) is -0.128. The first kappa shape index (κ1) is 16.1. The van der Waals surface area contributed by atoms with Crippen LogP contribution in [0.3, 0.4) is 0 Å². The van der Waals surface area contributed by atoms with Crippen LogP contribution in [0.2, 0.25) is 0 Å². The average Bonchev–Trinajstić information content (AvgIpc) is 2.91. The van der Waals surface area contributed by atoms with E-state index in [4.69, 9.17) is 0 Å². The molecule has 2 rings (SSSR count). The number of hydrogen-bond acceptors (Lipinski definition) is 3. The fourth-order valence-corrected chi connectivity index (χ4v) is 2.53. The summed E-state index contributed by atoms with van der Waals surface area (Å²) in [6.07, 6.45) is -1.10. The van der Waals surface area contributed by atoms with Crippen molar-refractivity contribution in [3.63, 3.8) is 0 Å². The molecular weight excluding hydrogens is 281 g/mol. The van der Waals surface area contributed by atoms with Gasteiger partial charge < -0.3 is 15.0 Å². The van der Waals surface area contributed by atoms with Gasteiger partial charge in [0.1, 0.15) is 5.75 Å². The fraction of sp³-hybridized carbons (Fsp3) is 0.600. The summed E-state index contributed by atoms with van der Waals surface area (Å²) in [5.41, 5.74) is 0.524. The molecule has 0 aliphatic carbocycles. The average molecular weight is 302 g/mol. The molecule has 0 spiro atoms. The normalized spacial score (nSPS) is 16.3. The van der Waals surface area contributed by atoms with E-state index in [0.717, 1.165) is 19.5 Å². The highest BCUT2D eigenvalue weighted by Gasteiger charge is 2.31. The van der Waals surface area contributed by atoms with Crippen LogP contribution in [0, 0.1) is 0 Å². The molecular formula is C15H21F3N2O. The van der Waals surface area contributed by atoms with Crippen molar-refractivity contribution in [2.24, 2.45) is 0 Å². The fourth-order valence-electron chi connectivity index (χ4n) is 2.53. The summed E-state index contributed by atoms with van der Waals surface area (Å²) >= 11 is 0. The second-order valence-corrected chi connectivity index (χ2v) is 5.23. The molecule has 3 nitrogen and oxygen atoms in total. The van der Waals surface area contributed by atoms with Crippen LogP contribution in [0.5, 0.6) is 5.75 Å². The van der Waals surface area contributed by atoms with Crippen molar-refractivity contribution >= 4 is 0 Å². The predicted octanol–water partition coefficient (Wildman–Crippen LogP) is 3.16. The molecule has 1 aromatic rings. The van der Waals surface area contributed by atoms with Crippen LogP contribution >= 0.6 is 0 Å². The maximum absolute atomic E-state index is 12.3. The molecule has 0 bridgehead atoms. The Labute approximate surface area is 123 Å². The van der Waals surface area contributed by atoms with E-state index < -0.39 is 6.36 Å². The van der Waals surface area contributed by atoms with E-state index >= 15 is 0 Å². The maximum Gasteiger partial charge on any atom is 0.573 e. The highest BCUT2D eigenvalue weighted by molar-refractivity contribution is 5.33. The first-order valence-electron chi connectivity index (χ1n) is 7.31. The molecule has 1 saturated heterocycles. The molecule has 118 valence electrons. The zero-order chi connectivity index (χ0) is 15.1. The van der Waals surface area contributed by atoms with Crippen molar-refractivity contribution in [3.05, 3.63) is 29.8 Å². The molecule has 1 aliphatic heterocycles. The van der Waals surface area contributed by atoms with Gasteiger partial charge in [-0.25, -0.2) is 0 Å². The monoisotopic (exact) mass is 302 g/mol. The van der Waals surface area contributed by atoms with Gasteiger partial charge in [0.25, 0.3) is 0 Å². The lowest BCUT2D eigenvalue weighted by molar-refractivity contribution is -0.274. The van der Waals surface area contributed by atoms with Crippen molar-refractivity contribution in [2.45, 2.75) is 32.2 Å². The van der Waals surface area contributed by atoms with E-state index in [1.807, 2.05) is 0 Å². The molecule has 0 atom stereocenters. The number of alkyl halides is 3. The van der Waals surface area contributed by atoms with Gasteiger partial charge in [-0.05, 0) is 51.5 Å². The van der Waals surface area contributed by atoms with Gasteiger partial charge in [0.15, 0.2) is 0 Å². The van der Waals surface area contributed by atoms with Gasteiger partial charge in [-0.15, -0.1) is 13.2 Å². The number of hydrogen-bond donors (Lipinski definition) is 1. The Hall–Kier alpha value is -1.27. The van der Waals surface area contributed by atoms with Crippen LogP contribution < -0.4 is 10.1 Å². The number of benzene rings is 1. The Balaban J connectivity index is 1.72. The quantitative estimate of drug-likeness (QED) is 0.783. The van der Waals surface area contributed by atoms with Crippen LogP contribution in [0.15, 0.2) is 24.3 Å². The molecule has 0 amide bonds. The minimum absolute atomic E-state index is 0.128. The molecule has 0 aromatic heterocycles. The summed E-state index contributed by atoms with van der Waals surface area (Å²) in [6.45, 7) is 4.56. The second kappa shape index (κ2) is 7.66. The highest BCUT2D eigenvalue weighted by Crippen LogP contribution is 2.25. The van der Waals surface area contributed by atoms with Crippen LogP contribution in [0.25, 0.3) is 0 Å². The lowest BCUT2D eigenvalue weighted by Crippen LogP contribution is -2.25. The number of para-hydroxylation sites is 1. The first-order chi connectivity index (χ1) is 10.0. The van der Waals surface area contributed by atoms with Gasteiger partial charge in [-0.3, -0.25) is 0 Å². The number of rotatable bonds is 7. The van der Waals surface area contributed by atoms with Crippen LogP contribution in [0.1, 0.15) is 24.8 Å². The topological polar surface area (TPSA) is 24.5 Å². The molecule has 1 aromatic carbocycles. The Kier molecular flexibility index (Phi) is 5.87. The summed E-state index contributed by atoms with van der Waals surface area (Å²) in [7, 11) is 0. The van der Waals surface area contributed by atoms with Crippen LogP contribution in [-0.2, 0) is 6.54 Å². The van der Waals surface area contributed by atoms with Gasteiger partial charge in [0.05, 0.1) is 0 Å². The van der Waals surface area contributed by atoms with Crippen molar-refractivity contribution in [1.82, 2.24) is 10.2 Å². The van der Waals surface area contributed by atoms with Crippen LogP contribution in [-0.4, -0.2) is 37.4 Å². The minimum Gasteiger partial charge on any atom is -0.405 e. The molecule has 0 saturated carbocycles. The number of nitrogens with zero attached hydrogens (tertiary/aromatic N) is 1. The second-order valence-electron chi connectivity index (χ2n) is 5.23. The van der Waals surface area contributed by atoms with Gasteiger partial charge in [-0.1, -0.05) is 18.2 Å². The summed E-state index contributed by atoms with van der Waals surface area (Å²) < 4.78 is 40.9. The molecule has 0 radical (unpaired) electrons. The Morgan fingerprint density at radius 2 is 1.86 bits per heavy atom. The molecule has 1 heterocycles. The number of nitrogens with one attached hydrogen (secondary N) is 1. The molecule has 1 aliphatic rings. The van der Waals surface area contributed by atoms with Crippen LogP contribution in [0.4, 0.5) is 13.2 Å². The van der Waals surface area contributed by atoms with E-state index in [2.05, 4.69) is 15.0 Å². The molecule has 1 N–H and O–H groups in total.